The zero-order valence-electron chi connectivity index (χ0n) is 12.4. The monoisotopic (exact) mass is 335 g/mol. The molecule has 24 heavy (non-hydrogen) atoms. The standard InChI is InChI=1S/C7H5N3O6.C6H8N2/c1-4-6(9(13)14)2-5(8(11)12)3-7(4)10(15)16;7-5-3-1-2-4-6(5)8/h2-3H,1H3;1-4H,7-8H2. The van der Waals surface area contributed by atoms with Crippen molar-refractivity contribution in [2.75, 3.05) is 11.5 Å². The van der Waals surface area contributed by atoms with E-state index in [2.05, 4.69) is 0 Å². The van der Waals surface area contributed by atoms with E-state index in [0.717, 1.165) is 0 Å². The maximum absolute atomic E-state index is 10.5. The largest absolute Gasteiger partial charge is 0.397 e. The first-order valence-corrected chi connectivity index (χ1v) is 6.33. The van der Waals surface area contributed by atoms with Crippen molar-refractivity contribution in [1.29, 1.82) is 0 Å². The molecule has 0 bridgehead atoms. The van der Waals surface area contributed by atoms with Gasteiger partial charge in [0.1, 0.15) is 5.56 Å². The normalized spacial score (nSPS) is 9.54. The van der Waals surface area contributed by atoms with Gasteiger partial charge >= 0.3 is 0 Å². The maximum Gasteiger partial charge on any atom is 0.286 e. The number of anilines is 2. The Hall–Kier alpha value is -3.76. The lowest BCUT2D eigenvalue weighted by atomic mass is 10.1. The molecule has 0 fully saturated rings. The van der Waals surface area contributed by atoms with Crippen LogP contribution in [0.4, 0.5) is 28.4 Å². The van der Waals surface area contributed by atoms with E-state index in [-0.39, 0.29) is 5.56 Å². The quantitative estimate of drug-likeness (QED) is 0.487. The summed E-state index contributed by atoms with van der Waals surface area (Å²) in [5.41, 5.74) is 9.92. The molecule has 2 rings (SSSR count). The average Bonchev–Trinajstić information content (AvgIpc) is 2.50. The minimum absolute atomic E-state index is 0.208. The fourth-order valence-corrected chi connectivity index (χ4v) is 1.67. The van der Waals surface area contributed by atoms with Crippen molar-refractivity contribution < 1.29 is 14.8 Å². The Labute approximate surface area is 134 Å². The molecule has 2 aromatic rings. The van der Waals surface area contributed by atoms with Crippen molar-refractivity contribution >= 4 is 28.4 Å². The van der Waals surface area contributed by atoms with E-state index in [1.165, 1.54) is 6.92 Å². The van der Waals surface area contributed by atoms with E-state index < -0.39 is 31.8 Å². The van der Waals surface area contributed by atoms with E-state index in [9.17, 15) is 30.3 Å². The summed E-state index contributed by atoms with van der Waals surface area (Å²) >= 11 is 0. The molecule has 0 aliphatic carbocycles. The van der Waals surface area contributed by atoms with Crippen LogP contribution in [0.2, 0.25) is 0 Å². The smallest absolute Gasteiger partial charge is 0.286 e. The van der Waals surface area contributed by atoms with Gasteiger partial charge in [-0.05, 0) is 19.1 Å². The van der Waals surface area contributed by atoms with Crippen molar-refractivity contribution in [3.8, 4) is 0 Å². The first-order valence-electron chi connectivity index (χ1n) is 6.33. The lowest BCUT2D eigenvalue weighted by Crippen LogP contribution is -2.00. The average molecular weight is 335 g/mol. The van der Waals surface area contributed by atoms with E-state index in [4.69, 9.17) is 11.5 Å². The predicted molar refractivity (Wildman–Crippen MR) is 86.4 cm³/mol. The van der Waals surface area contributed by atoms with Crippen LogP contribution >= 0.6 is 0 Å². The van der Waals surface area contributed by atoms with Crippen LogP contribution in [-0.4, -0.2) is 14.8 Å². The van der Waals surface area contributed by atoms with Crippen molar-refractivity contribution in [1.82, 2.24) is 0 Å². The summed E-state index contributed by atoms with van der Waals surface area (Å²) in [6.07, 6.45) is 0. The summed E-state index contributed by atoms with van der Waals surface area (Å²) < 4.78 is 0. The molecule has 11 nitrogen and oxygen atoms in total. The van der Waals surface area contributed by atoms with Gasteiger partial charge < -0.3 is 11.5 Å². The number of nitro groups is 3. The predicted octanol–water partition coefficient (Wildman–Crippen LogP) is 2.57. The van der Waals surface area contributed by atoms with Crippen molar-refractivity contribution in [2.24, 2.45) is 0 Å². The summed E-state index contributed by atoms with van der Waals surface area (Å²) in [5, 5.41) is 31.5. The zero-order valence-corrected chi connectivity index (χ0v) is 12.4. The van der Waals surface area contributed by atoms with Gasteiger partial charge in [0.2, 0.25) is 0 Å². The van der Waals surface area contributed by atoms with Gasteiger partial charge in [-0.3, -0.25) is 30.3 Å². The molecule has 2 aromatic carbocycles. The molecule has 11 heteroatoms. The third-order valence-corrected chi connectivity index (χ3v) is 2.94. The molecule has 0 aromatic heterocycles. The molecule has 0 saturated carbocycles. The second kappa shape index (κ2) is 7.49. The fourth-order valence-electron chi connectivity index (χ4n) is 1.67. The van der Waals surface area contributed by atoms with Crippen LogP contribution in [0, 0.1) is 37.3 Å². The molecule has 126 valence electrons. The van der Waals surface area contributed by atoms with Crippen molar-refractivity contribution in [2.45, 2.75) is 6.92 Å². The van der Waals surface area contributed by atoms with Gasteiger partial charge in [0.25, 0.3) is 17.1 Å². The highest BCUT2D eigenvalue weighted by atomic mass is 16.6. The molecule has 0 amide bonds. The molecule has 0 aliphatic heterocycles. The van der Waals surface area contributed by atoms with E-state index >= 15 is 0 Å². The maximum atomic E-state index is 10.5. The number of hydrogen-bond donors (Lipinski definition) is 2. The number of nitrogens with two attached hydrogens (primary N) is 2. The van der Waals surface area contributed by atoms with Crippen LogP contribution in [-0.2, 0) is 0 Å². The van der Waals surface area contributed by atoms with Crippen molar-refractivity contribution in [3.63, 3.8) is 0 Å². The minimum atomic E-state index is -0.917. The SMILES string of the molecule is Cc1c([N+](=O)[O-])cc([N+](=O)[O-])cc1[N+](=O)[O-].Nc1ccccc1N. The summed E-state index contributed by atoms with van der Waals surface area (Å²) in [5.74, 6) is 0. The Kier molecular flexibility index (Phi) is 5.71. The molecule has 0 aliphatic rings. The van der Waals surface area contributed by atoms with Gasteiger partial charge in [0, 0.05) is 0 Å². The number of non-ortho nitro benzene ring substituents is 1. The number of nitrogens with zero attached hydrogens (tertiary/aromatic N) is 3. The highest BCUT2D eigenvalue weighted by Crippen LogP contribution is 2.32. The molecule has 0 heterocycles. The van der Waals surface area contributed by atoms with E-state index in [1.807, 2.05) is 12.1 Å². The van der Waals surface area contributed by atoms with Gasteiger partial charge in [-0.1, -0.05) is 12.1 Å². The minimum Gasteiger partial charge on any atom is -0.397 e. The second-order valence-electron chi connectivity index (χ2n) is 4.51. The Bertz CT molecular complexity index is 751. The van der Waals surface area contributed by atoms with Crippen molar-refractivity contribution in [3.05, 3.63) is 72.3 Å². The van der Waals surface area contributed by atoms with Crippen LogP contribution < -0.4 is 11.5 Å². The highest BCUT2D eigenvalue weighted by molar-refractivity contribution is 5.62. The van der Waals surface area contributed by atoms with Crippen LogP contribution in [0.25, 0.3) is 0 Å². The molecule has 0 saturated heterocycles. The summed E-state index contributed by atoms with van der Waals surface area (Å²) in [4.78, 5) is 28.8. The Balaban J connectivity index is 0.000000300. The number of benzene rings is 2. The van der Waals surface area contributed by atoms with Gasteiger partial charge in [-0.15, -0.1) is 0 Å². The first kappa shape index (κ1) is 18.3. The molecule has 0 radical (unpaired) electrons. The zero-order chi connectivity index (χ0) is 18.4. The first-order chi connectivity index (χ1) is 11.1. The summed E-state index contributed by atoms with van der Waals surface area (Å²) in [6, 6.07) is 8.65. The van der Waals surface area contributed by atoms with Crippen LogP contribution in [0.5, 0.6) is 0 Å². The number of rotatable bonds is 3. The number of hydrogen-bond acceptors (Lipinski definition) is 8. The molecular formula is C13H13N5O6. The van der Waals surface area contributed by atoms with Gasteiger partial charge in [-0.2, -0.15) is 0 Å². The second-order valence-corrected chi connectivity index (χ2v) is 4.51. The molecule has 0 unspecified atom stereocenters. The van der Waals surface area contributed by atoms with Gasteiger partial charge in [-0.25, -0.2) is 0 Å². The summed E-state index contributed by atoms with van der Waals surface area (Å²) in [6.45, 7) is 1.17. The van der Waals surface area contributed by atoms with Crippen LogP contribution in [0.15, 0.2) is 36.4 Å². The molecule has 0 atom stereocenters. The molecular weight excluding hydrogens is 322 g/mol. The third-order valence-electron chi connectivity index (χ3n) is 2.94. The summed E-state index contributed by atoms with van der Waals surface area (Å²) in [7, 11) is 0. The lowest BCUT2D eigenvalue weighted by molar-refractivity contribution is -0.403. The number of nitrogen functional groups attached to an aromatic ring is 2. The Morgan fingerprint density at radius 2 is 1.17 bits per heavy atom. The van der Waals surface area contributed by atoms with Gasteiger partial charge in [0.05, 0.1) is 38.3 Å². The molecule has 4 N–H and O–H groups in total. The Morgan fingerprint density at radius 3 is 1.42 bits per heavy atom. The van der Waals surface area contributed by atoms with Gasteiger partial charge in [0.15, 0.2) is 0 Å². The molecule has 0 spiro atoms. The van der Waals surface area contributed by atoms with Crippen LogP contribution in [0.3, 0.4) is 0 Å². The number of para-hydroxylation sites is 2. The van der Waals surface area contributed by atoms with E-state index in [0.29, 0.717) is 23.5 Å². The highest BCUT2D eigenvalue weighted by Gasteiger charge is 2.27. The third kappa shape index (κ3) is 4.37. The fraction of sp³-hybridized carbons (Fsp3) is 0.0769. The van der Waals surface area contributed by atoms with E-state index in [1.54, 1.807) is 12.1 Å². The lowest BCUT2D eigenvalue weighted by Gasteiger charge is -1.99. The number of nitro benzene ring substituents is 3. The Morgan fingerprint density at radius 1 is 0.792 bits per heavy atom. The topological polar surface area (TPSA) is 181 Å². The van der Waals surface area contributed by atoms with Crippen LogP contribution in [0.1, 0.15) is 5.56 Å².